The van der Waals surface area contributed by atoms with Crippen molar-refractivity contribution < 1.29 is 38.3 Å². The largest absolute Gasteiger partial charge is 0.444 e. The van der Waals surface area contributed by atoms with Crippen LogP contribution in [-0.2, 0) is 41.7 Å². The fourth-order valence-electron chi connectivity index (χ4n) is 9.74. The third-order valence-corrected chi connectivity index (χ3v) is 13.9. The molecular weight excluding hydrogens is 787 g/mol. The van der Waals surface area contributed by atoms with Crippen LogP contribution in [0.1, 0.15) is 143 Å². The van der Waals surface area contributed by atoms with Crippen LogP contribution in [-0.4, -0.2) is 106 Å². The van der Waals surface area contributed by atoms with E-state index >= 15 is 4.79 Å². The second kappa shape index (κ2) is 20.8. The quantitative estimate of drug-likeness (QED) is 0.122. The number of nitrogens with one attached hydrogen (secondary N) is 2. The van der Waals surface area contributed by atoms with E-state index in [2.05, 4.69) is 37.1 Å². The Balaban J connectivity index is 1.41. The number of urea groups is 1. The maximum Gasteiger partial charge on any atom is 0.410 e. The topological polar surface area (TPSA) is 162 Å². The molecule has 0 spiro atoms. The SMILES string of the molecule is C=CCCC(=O)C(=O)C(CCC)CC(=O)[C@@H]1C[C@@H](OC(=O)N2CCc3ccccc3C2)CN1C(=O)[C@@H](NC(=O)N[C@H](CN1CCC(C)(C)CC1=O)C(C)(C)C)C1(C)CCCCC1. The summed E-state index contributed by atoms with van der Waals surface area (Å²) in [6.45, 7) is 19.5. The number of hydrogen-bond donors (Lipinski definition) is 2. The molecule has 2 N–H and O–H groups in total. The van der Waals surface area contributed by atoms with Gasteiger partial charge in [-0.3, -0.25) is 24.0 Å². The molecule has 1 saturated carbocycles. The lowest BCUT2D eigenvalue weighted by Gasteiger charge is -2.43. The highest BCUT2D eigenvalue weighted by molar-refractivity contribution is 6.38. The van der Waals surface area contributed by atoms with Crippen LogP contribution in [0.2, 0.25) is 0 Å². The van der Waals surface area contributed by atoms with Crippen LogP contribution in [0.3, 0.4) is 0 Å². The molecule has 5 amide bonds. The number of piperidine rings is 1. The zero-order valence-electron chi connectivity index (χ0n) is 38.5. The molecule has 4 aliphatic rings. The average Bonchev–Trinajstić information content (AvgIpc) is 3.65. The molecule has 13 heteroatoms. The minimum atomic E-state index is -1.05. The van der Waals surface area contributed by atoms with Crippen LogP contribution in [0.25, 0.3) is 0 Å². The van der Waals surface area contributed by atoms with Crippen molar-refractivity contribution in [2.24, 2.45) is 22.2 Å². The molecule has 1 unspecified atom stereocenters. The summed E-state index contributed by atoms with van der Waals surface area (Å²) in [4.78, 5) is 102. The van der Waals surface area contributed by atoms with Crippen LogP contribution in [0, 0.1) is 22.2 Å². The number of benzene rings is 1. The molecule has 0 aromatic heterocycles. The highest BCUT2D eigenvalue weighted by Gasteiger charge is 2.49. The van der Waals surface area contributed by atoms with Gasteiger partial charge in [-0.2, -0.15) is 0 Å². The van der Waals surface area contributed by atoms with Crippen molar-refractivity contribution in [3.05, 3.63) is 48.0 Å². The highest BCUT2D eigenvalue weighted by Crippen LogP contribution is 2.41. The third-order valence-electron chi connectivity index (χ3n) is 13.9. The number of amides is 5. The maximum atomic E-state index is 15.2. The average molecular weight is 860 g/mol. The lowest BCUT2D eigenvalue weighted by Crippen LogP contribution is -2.62. The van der Waals surface area contributed by atoms with Gasteiger partial charge in [-0.25, -0.2) is 9.59 Å². The van der Waals surface area contributed by atoms with Crippen molar-refractivity contribution in [1.82, 2.24) is 25.3 Å². The number of fused-ring (bicyclic) bond motifs is 1. The van der Waals surface area contributed by atoms with Crippen LogP contribution in [0.5, 0.6) is 0 Å². The Morgan fingerprint density at radius 1 is 0.968 bits per heavy atom. The Hall–Kier alpha value is -4.55. The number of ketones is 3. The predicted molar refractivity (Wildman–Crippen MR) is 238 cm³/mol. The fraction of sp³-hybridized carbons (Fsp3) is 0.694. The molecule has 5 rings (SSSR count). The number of rotatable bonds is 17. The monoisotopic (exact) mass is 860 g/mol. The van der Waals surface area contributed by atoms with Gasteiger partial charge in [0.15, 0.2) is 11.6 Å². The predicted octanol–water partition coefficient (Wildman–Crippen LogP) is 7.33. The van der Waals surface area contributed by atoms with Crippen LogP contribution < -0.4 is 10.6 Å². The maximum absolute atomic E-state index is 15.2. The zero-order valence-corrected chi connectivity index (χ0v) is 38.5. The zero-order chi connectivity index (χ0) is 45.4. The highest BCUT2D eigenvalue weighted by atomic mass is 16.6. The van der Waals surface area contributed by atoms with E-state index in [0.29, 0.717) is 71.1 Å². The summed E-state index contributed by atoms with van der Waals surface area (Å²) in [5.41, 5.74) is 1.04. The molecule has 1 aliphatic carbocycles. The Labute approximate surface area is 369 Å². The molecule has 5 atom stereocenters. The van der Waals surface area contributed by atoms with Crippen LogP contribution in [0.4, 0.5) is 9.59 Å². The van der Waals surface area contributed by atoms with Crippen LogP contribution >= 0.6 is 0 Å². The summed E-state index contributed by atoms with van der Waals surface area (Å²) in [5.74, 6) is -2.77. The van der Waals surface area contributed by atoms with Crippen molar-refractivity contribution >= 4 is 41.3 Å². The van der Waals surface area contributed by atoms with Gasteiger partial charge in [-0.1, -0.05) is 104 Å². The van der Waals surface area contributed by atoms with Crippen LogP contribution in [0.15, 0.2) is 36.9 Å². The number of Topliss-reactive ketones (excluding diaryl/α,β-unsaturated/α-hetero) is 3. The van der Waals surface area contributed by atoms with E-state index in [1.807, 2.05) is 57.7 Å². The van der Waals surface area contributed by atoms with Crippen molar-refractivity contribution in [1.29, 1.82) is 0 Å². The molecule has 3 fully saturated rings. The first-order valence-corrected chi connectivity index (χ1v) is 23.1. The molecule has 2 saturated heterocycles. The molecule has 3 aliphatic heterocycles. The number of likely N-dealkylation sites (tertiary alicyclic amines) is 2. The van der Waals surface area contributed by atoms with Crippen molar-refractivity contribution in [3.8, 4) is 0 Å². The first kappa shape index (κ1) is 48.5. The Morgan fingerprint density at radius 3 is 2.31 bits per heavy atom. The lowest BCUT2D eigenvalue weighted by atomic mass is 9.70. The number of hydrogen-bond acceptors (Lipinski definition) is 8. The third kappa shape index (κ3) is 12.3. The van der Waals surface area contributed by atoms with Gasteiger partial charge >= 0.3 is 12.1 Å². The Bertz CT molecular complexity index is 1830. The summed E-state index contributed by atoms with van der Waals surface area (Å²) in [5, 5.41) is 6.21. The van der Waals surface area contributed by atoms with Gasteiger partial charge in [0.05, 0.1) is 18.6 Å². The van der Waals surface area contributed by atoms with Gasteiger partial charge < -0.3 is 30.1 Å². The Kier molecular flexibility index (Phi) is 16.2. The fourth-order valence-corrected chi connectivity index (χ4v) is 9.74. The first-order valence-electron chi connectivity index (χ1n) is 23.1. The van der Waals surface area contributed by atoms with Gasteiger partial charge in [-0.15, -0.1) is 6.58 Å². The van der Waals surface area contributed by atoms with E-state index in [0.717, 1.165) is 31.2 Å². The minimum absolute atomic E-state index is 0.0142. The summed E-state index contributed by atoms with van der Waals surface area (Å²) in [7, 11) is 0. The van der Waals surface area contributed by atoms with E-state index in [1.165, 1.54) is 10.5 Å². The van der Waals surface area contributed by atoms with Gasteiger partial charge in [0.25, 0.3) is 0 Å². The summed E-state index contributed by atoms with van der Waals surface area (Å²) >= 11 is 0. The molecule has 1 aromatic carbocycles. The minimum Gasteiger partial charge on any atom is -0.444 e. The molecule has 13 nitrogen and oxygen atoms in total. The van der Waals surface area contributed by atoms with Gasteiger partial charge in [-0.05, 0) is 65.9 Å². The standard InChI is InChI=1S/C49H73N5O8/c1-9-11-20-38(55)42(58)34(17-10-2)27-39(56)37-28-36(62-46(61)53-25-21-33-18-13-14-19-35(33)30-53)31-54(37)44(59)43(49(8)22-15-12-16-23-49)51-45(60)50-40(47(3,4)5)32-52-26-24-48(6,7)29-41(52)57/h9,13-14,18-19,34,36-37,40,43H,1,10-12,15-17,20-32H2,2-8H3,(H2,50,51,60)/t34?,36-,37+,40-,43-/m1/s1. The van der Waals surface area contributed by atoms with E-state index in [-0.39, 0.29) is 42.9 Å². The second-order valence-corrected chi connectivity index (χ2v) is 20.6. The Morgan fingerprint density at radius 2 is 1.66 bits per heavy atom. The molecular formula is C49H73N5O8. The molecule has 3 heterocycles. The van der Waals surface area contributed by atoms with Gasteiger partial charge in [0.2, 0.25) is 17.6 Å². The normalized spacial score (nSPS) is 22.4. The molecule has 1 aromatic rings. The summed E-state index contributed by atoms with van der Waals surface area (Å²) in [6, 6.07) is 4.90. The number of nitrogens with zero attached hydrogens (tertiary/aromatic N) is 3. The van der Waals surface area contributed by atoms with E-state index in [1.54, 1.807) is 11.0 Å². The van der Waals surface area contributed by atoms with E-state index < -0.39 is 70.6 Å². The second-order valence-electron chi connectivity index (χ2n) is 20.6. The lowest BCUT2D eigenvalue weighted by molar-refractivity contribution is -0.144. The number of ether oxygens (including phenoxy) is 1. The molecule has 62 heavy (non-hydrogen) atoms. The molecule has 342 valence electrons. The summed E-state index contributed by atoms with van der Waals surface area (Å²) < 4.78 is 6.10. The molecule has 0 radical (unpaired) electrons. The summed E-state index contributed by atoms with van der Waals surface area (Å²) in [6.07, 6.45) is 7.32. The van der Waals surface area contributed by atoms with Crippen molar-refractivity contribution in [3.63, 3.8) is 0 Å². The number of carbonyl (C=O) groups is 7. The van der Waals surface area contributed by atoms with Gasteiger partial charge in [0.1, 0.15) is 12.1 Å². The first-order chi connectivity index (χ1) is 29.2. The van der Waals surface area contributed by atoms with Gasteiger partial charge in [0, 0.05) is 57.8 Å². The smallest absolute Gasteiger partial charge is 0.410 e. The van der Waals surface area contributed by atoms with Crippen molar-refractivity contribution in [2.45, 2.75) is 169 Å². The number of allylic oxidation sites excluding steroid dienone is 1. The van der Waals surface area contributed by atoms with E-state index in [4.69, 9.17) is 4.74 Å². The molecule has 0 bridgehead atoms. The number of carbonyl (C=O) groups excluding carboxylic acids is 7. The van der Waals surface area contributed by atoms with Crippen molar-refractivity contribution in [2.75, 3.05) is 26.2 Å². The van der Waals surface area contributed by atoms with E-state index in [9.17, 15) is 28.8 Å².